The van der Waals surface area contributed by atoms with Crippen molar-refractivity contribution in [3.05, 3.63) is 251 Å². The van der Waals surface area contributed by atoms with E-state index in [1.165, 1.54) is 73.2 Å². The molecule has 3 heterocycles. The molecule has 8 aromatic carbocycles. The van der Waals surface area contributed by atoms with Crippen LogP contribution in [0, 0.1) is 29.4 Å². The minimum atomic E-state index is -1.03. The standard InChI is InChI=1S/C31H32ClN3O5.C31H32FN3O5.C27H30FN3O7/c1-20(2)16-23(17-29(36)37)33-31(38)25-18-26(35(34-25)24-14-12-22(32)13-15-24)30-27(39-3)10-7-11-28(30)40-19-21-8-5-4-6-9-21;1-20(2)15-23(17-29(36)37)33-31(38)25-18-26(35(34-25)24-12-7-11-22(32)16-24)30-27(39-3)13-8-14-28(30)40-19-21-9-5-4-6-10-21;1-16(2)12-18(13-24(32)33)29-27(35)20-14-21(31(30-20)19-10-8-17(28)9-11-19)26-22(36-3)6-5-7-23(26)38-15-25(34)37-4/h4-15,18,20,23H,16-17,19H2,1-3H3,(H,33,38)(H,36,37);4-14,16,18,20,23H,15,17,19H2,1-3H3,(H,33,38)(H,36,37);5-11,14,16,18H,12-13,15H2,1-4H3,(H,29,35)(H,32,33)/t2*23-;18-/m000/s1. The average molecular weight is 1640 g/mol. The molecule has 618 valence electrons. The number of amides is 3. The quantitative estimate of drug-likeness (QED) is 0.0199. The summed E-state index contributed by atoms with van der Waals surface area (Å²) in [5.74, 6) is -2.94. The summed E-state index contributed by atoms with van der Waals surface area (Å²) < 4.78 is 72.2. The molecule has 26 nitrogen and oxygen atoms in total. The monoisotopic (exact) mass is 1630 g/mol. The van der Waals surface area contributed by atoms with E-state index in [0.717, 1.165) is 11.1 Å². The van der Waals surface area contributed by atoms with E-state index in [4.69, 9.17) is 40.0 Å². The Labute approximate surface area is 686 Å². The molecule has 3 aromatic heterocycles. The highest BCUT2D eigenvalue weighted by Gasteiger charge is 2.30. The number of carbonyl (C=O) groups is 7. The zero-order valence-corrected chi connectivity index (χ0v) is 67.6. The van der Waals surface area contributed by atoms with E-state index in [9.17, 15) is 57.7 Å². The second-order valence-corrected chi connectivity index (χ2v) is 29.0. The molecule has 0 unspecified atom stereocenters. The zero-order valence-electron chi connectivity index (χ0n) is 66.8. The number of methoxy groups -OCH3 is 4. The van der Waals surface area contributed by atoms with Crippen LogP contribution in [0.4, 0.5) is 8.78 Å². The SMILES string of the molecule is COC(=O)COc1cccc(OC)c1-c1cc(C(=O)N[C@H](CC(=O)O)CC(C)C)nn1-c1ccc(F)cc1.COc1cccc(OCc2ccccc2)c1-c1cc(C(=O)N[C@H](CC(=O)O)CC(C)C)nn1-c1ccc(Cl)cc1.COc1cccc(OCc2ccccc2)c1-c1cc(C(=O)N[C@H](CC(=O)O)CC(C)C)nn1-c1cccc(F)c1. The van der Waals surface area contributed by atoms with Crippen LogP contribution in [0.5, 0.6) is 34.5 Å². The van der Waals surface area contributed by atoms with Crippen molar-refractivity contribution < 1.29 is 90.8 Å². The van der Waals surface area contributed by atoms with Crippen LogP contribution in [0.3, 0.4) is 0 Å². The van der Waals surface area contributed by atoms with Gasteiger partial charge in [-0.05, 0) is 169 Å². The first-order valence-corrected chi connectivity index (χ1v) is 38.2. The number of nitrogens with one attached hydrogen (secondary N) is 3. The highest BCUT2D eigenvalue weighted by Crippen LogP contribution is 2.44. The van der Waals surface area contributed by atoms with Gasteiger partial charge in [0, 0.05) is 23.1 Å². The summed E-state index contributed by atoms with van der Waals surface area (Å²) in [6.07, 6.45) is 0.825. The fourth-order valence-electron chi connectivity index (χ4n) is 12.9. The van der Waals surface area contributed by atoms with Crippen molar-refractivity contribution in [2.45, 2.75) is 111 Å². The number of hydrogen-bond acceptors (Lipinski definition) is 17. The minimum absolute atomic E-state index is 0.00621. The number of carboxylic acids is 3. The summed E-state index contributed by atoms with van der Waals surface area (Å²) in [7, 11) is 5.79. The Morgan fingerprint density at radius 2 is 0.720 bits per heavy atom. The molecule has 0 saturated heterocycles. The maximum absolute atomic E-state index is 14.3. The minimum Gasteiger partial charge on any atom is -0.496 e. The number of rotatable bonds is 36. The lowest BCUT2D eigenvalue weighted by Crippen LogP contribution is -2.37. The van der Waals surface area contributed by atoms with Crippen LogP contribution < -0.4 is 44.4 Å². The Kier molecular flexibility index (Phi) is 32.2. The van der Waals surface area contributed by atoms with Crippen molar-refractivity contribution in [2.75, 3.05) is 35.0 Å². The maximum atomic E-state index is 14.3. The van der Waals surface area contributed by atoms with Gasteiger partial charge in [0.25, 0.3) is 17.7 Å². The van der Waals surface area contributed by atoms with Gasteiger partial charge >= 0.3 is 23.9 Å². The summed E-state index contributed by atoms with van der Waals surface area (Å²) in [6.45, 7) is 12.0. The molecule has 0 spiro atoms. The van der Waals surface area contributed by atoms with Crippen LogP contribution in [0.15, 0.2) is 206 Å². The predicted octanol–water partition coefficient (Wildman–Crippen LogP) is 16.1. The molecule has 0 saturated carbocycles. The largest absolute Gasteiger partial charge is 0.496 e. The van der Waals surface area contributed by atoms with E-state index in [1.807, 2.05) is 120 Å². The first-order chi connectivity index (χ1) is 56.6. The van der Waals surface area contributed by atoms with E-state index >= 15 is 0 Å². The number of esters is 1. The Hall–Kier alpha value is -13.4. The summed E-state index contributed by atoms with van der Waals surface area (Å²) >= 11 is 6.14. The third-order valence-corrected chi connectivity index (χ3v) is 18.2. The van der Waals surface area contributed by atoms with Crippen molar-refractivity contribution in [3.8, 4) is 85.3 Å². The number of aliphatic carboxylic acids is 3. The highest BCUT2D eigenvalue weighted by molar-refractivity contribution is 6.30. The molecule has 0 aliphatic carbocycles. The molecular formula is C89H94ClF2N9O17. The van der Waals surface area contributed by atoms with Crippen molar-refractivity contribution in [1.82, 2.24) is 45.3 Å². The number of ether oxygens (including phenoxy) is 7. The number of halogens is 3. The molecule has 0 fully saturated rings. The van der Waals surface area contributed by atoms with Crippen molar-refractivity contribution in [2.24, 2.45) is 17.8 Å². The molecule has 29 heteroatoms. The van der Waals surface area contributed by atoms with Crippen LogP contribution in [-0.2, 0) is 37.1 Å². The molecule has 0 aliphatic rings. The van der Waals surface area contributed by atoms with Crippen LogP contribution in [0.1, 0.15) is 123 Å². The van der Waals surface area contributed by atoms with Gasteiger partial charge in [-0.3, -0.25) is 28.8 Å². The van der Waals surface area contributed by atoms with E-state index in [2.05, 4.69) is 36.0 Å². The van der Waals surface area contributed by atoms with Gasteiger partial charge in [0.05, 0.1) is 98.5 Å². The van der Waals surface area contributed by atoms with Crippen LogP contribution in [0.25, 0.3) is 50.8 Å². The third kappa shape index (κ3) is 25.1. The first-order valence-electron chi connectivity index (χ1n) is 37.8. The molecule has 0 aliphatic heterocycles. The van der Waals surface area contributed by atoms with Crippen LogP contribution in [-0.4, -0.2) is 139 Å². The Morgan fingerprint density at radius 1 is 0.390 bits per heavy atom. The second kappa shape index (κ2) is 42.8. The molecule has 11 rings (SSSR count). The normalized spacial score (nSPS) is 11.7. The van der Waals surface area contributed by atoms with Gasteiger partial charge in [-0.25, -0.2) is 27.6 Å². The molecule has 118 heavy (non-hydrogen) atoms. The number of benzene rings is 8. The third-order valence-electron chi connectivity index (χ3n) is 18.0. The molecule has 3 atom stereocenters. The summed E-state index contributed by atoms with van der Waals surface area (Å²) in [4.78, 5) is 85.9. The lowest BCUT2D eigenvalue weighted by molar-refractivity contribution is -0.143. The molecule has 6 N–H and O–H groups in total. The Bertz CT molecular complexity index is 5230. The number of hydrogen-bond donors (Lipinski definition) is 6. The molecule has 3 amide bonds. The van der Waals surface area contributed by atoms with Crippen molar-refractivity contribution in [3.63, 3.8) is 0 Å². The van der Waals surface area contributed by atoms with Gasteiger partial charge in [0.2, 0.25) is 0 Å². The maximum Gasteiger partial charge on any atom is 0.343 e. The second-order valence-electron chi connectivity index (χ2n) is 28.5. The topological polar surface area (TPSA) is 334 Å². The van der Waals surface area contributed by atoms with Crippen LogP contribution in [0.2, 0.25) is 5.02 Å². The number of aromatic nitrogens is 6. The molecular weight excluding hydrogens is 1540 g/mol. The average Bonchev–Trinajstić information content (AvgIpc) is 1.63. The Morgan fingerprint density at radius 3 is 1.05 bits per heavy atom. The van der Waals surface area contributed by atoms with Gasteiger partial charge in [-0.15, -0.1) is 0 Å². The Balaban J connectivity index is 0.000000202. The highest BCUT2D eigenvalue weighted by atomic mass is 35.5. The number of carboxylic acid groups (broad SMARTS) is 3. The molecule has 11 aromatic rings. The lowest BCUT2D eigenvalue weighted by atomic mass is 10.0. The van der Waals surface area contributed by atoms with Gasteiger partial charge < -0.3 is 64.4 Å². The van der Waals surface area contributed by atoms with Crippen molar-refractivity contribution in [1.29, 1.82) is 0 Å². The molecule has 0 bridgehead atoms. The van der Waals surface area contributed by atoms with Crippen molar-refractivity contribution >= 4 is 53.2 Å². The van der Waals surface area contributed by atoms with E-state index < -0.39 is 71.4 Å². The van der Waals surface area contributed by atoms with Crippen LogP contribution >= 0.6 is 11.6 Å². The molecule has 0 radical (unpaired) electrons. The first kappa shape index (κ1) is 88.6. The van der Waals surface area contributed by atoms with Gasteiger partial charge in [-0.2, -0.15) is 15.3 Å². The predicted molar refractivity (Wildman–Crippen MR) is 440 cm³/mol. The zero-order chi connectivity index (χ0) is 85.1. The fourth-order valence-corrected chi connectivity index (χ4v) is 13.0. The summed E-state index contributed by atoms with van der Waals surface area (Å²) in [5, 5.41) is 50.6. The van der Waals surface area contributed by atoms with Gasteiger partial charge in [0.15, 0.2) is 23.7 Å². The van der Waals surface area contributed by atoms with Gasteiger partial charge in [-0.1, -0.05) is 138 Å². The smallest absolute Gasteiger partial charge is 0.343 e. The fraction of sp³-hybridized carbons (Fsp3) is 0.281. The van der Waals surface area contributed by atoms with E-state index in [1.54, 1.807) is 96.7 Å². The van der Waals surface area contributed by atoms with E-state index in [0.29, 0.717) is 110 Å². The van der Waals surface area contributed by atoms with E-state index in [-0.39, 0.29) is 73.1 Å². The number of nitrogens with zero attached hydrogens (tertiary/aromatic N) is 6. The number of carbonyl (C=O) groups excluding carboxylic acids is 4. The summed E-state index contributed by atoms with van der Waals surface area (Å²) in [5.41, 5.74) is 6.51. The van der Waals surface area contributed by atoms with Gasteiger partial charge in [0.1, 0.15) is 59.3 Å². The lowest BCUT2D eigenvalue weighted by Gasteiger charge is -2.18. The summed E-state index contributed by atoms with van der Waals surface area (Å²) in [6, 6.07) is 56.7.